The second kappa shape index (κ2) is 10.1. The third-order valence-electron chi connectivity index (χ3n) is 4.80. The van der Waals surface area contributed by atoms with Crippen molar-refractivity contribution in [3.8, 4) is 0 Å². The number of benzene rings is 2. The summed E-state index contributed by atoms with van der Waals surface area (Å²) in [5.74, 6) is -1.68. The molecule has 1 fully saturated rings. The highest BCUT2D eigenvalue weighted by Gasteiger charge is 2.17. The Hall–Kier alpha value is -2.57. The Labute approximate surface area is 164 Å². The van der Waals surface area contributed by atoms with E-state index in [2.05, 4.69) is 39.4 Å². The molecule has 2 aromatic rings. The van der Waals surface area contributed by atoms with E-state index in [0.717, 1.165) is 44.9 Å². The van der Waals surface area contributed by atoms with Gasteiger partial charge in [-0.05, 0) is 17.7 Å². The monoisotopic (exact) mass is 385 g/mol. The van der Waals surface area contributed by atoms with Crippen molar-refractivity contribution in [1.29, 1.82) is 0 Å². The highest BCUT2D eigenvalue weighted by Crippen LogP contribution is 2.15. The Balaban J connectivity index is 1.35. The van der Waals surface area contributed by atoms with Crippen molar-refractivity contribution < 1.29 is 13.6 Å². The fourth-order valence-corrected chi connectivity index (χ4v) is 3.16. The maximum absolute atomic E-state index is 13.6. The molecule has 0 unspecified atom stereocenters. The first kappa shape index (κ1) is 20.2. The van der Waals surface area contributed by atoms with Crippen LogP contribution in [0.5, 0.6) is 0 Å². The number of nitrogens with one attached hydrogen (secondary N) is 1. The number of carbonyl (C=O) groups is 1. The fourth-order valence-electron chi connectivity index (χ4n) is 3.16. The van der Waals surface area contributed by atoms with E-state index in [1.165, 1.54) is 11.6 Å². The minimum Gasteiger partial charge on any atom is -0.324 e. The van der Waals surface area contributed by atoms with Gasteiger partial charge in [-0.15, -0.1) is 0 Å². The van der Waals surface area contributed by atoms with Gasteiger partial charge in [-0.1, -0.05) is 42.5 Å². The summed E-state index contributed by atoms with van der Waals surface area (Å²) < 4.78 is 26.5. The number of rotatable bonds is 7. The Morgan fingerprint density at radius 3 is 2.43 bits per heavy atom. The van der Waals surface area contributed by atoms with Gasteiger partial charge in [0.25, 0.3) is 0 Å². The van der Waals surface area contributed by atoms with Crippen LogP contribution in [0, 0.1) is 11.6 Å². The summed E-state index contributed by atoms with van der Waals surface area (Å²) in [7, 11) is 0. The summed E-state index contributed by atoms with van der Waals surface area (Å²) in [6, 6.07) is 13.4. The molecule has 4 nitrogen and oxygen atoms in total. The SMILES string of the molecule is O=C(CCN1CCN(C/C=C/c2ccccc2)CC1)Nc1ccc(F)cc1F. The maximum Gasteiger partial charge on any atom is 0.225 e. The minimum absolute atomic E-state index is 0.0152. The van der Waals surface area contributed by atoms with Crippen molar-refractivity contribution in [2.45, 2.75) is 6.42 Å². The second-order valence-electron chi connectivity index (χ2n) is 6.88. The predicted molar refractivity (Wildman–Crippen MR) is 108 cm³/mol. The molecule has 148 valence electrons. The predicted octanol–water partition coefficient (Wildman–Crippen LogP) is 3.62. The number of hydrogen-bond donors (Lipinski definition) is 1. The molecule has 0 saturated carbocycles. The third-order valence-corrected chi connectivity index (χ3v) is 4.80. The topological polar surface area (TPSA) is 35.6 Å². The number of carbonyl (C=O) groups excluding carboxylic acids is 1. The van der Waals surface area contributed by atoms with Crippen molar-refractivity contribution in [2.24, 2.45) is 0 Å². The summed E-state index contributed by atoms with van der Waals surface area (Å²) >= 11 is 0. The molecule has 1 aliphatic rings. The number of nitrogens with zero attached hydrogens (tertiary/aromatic N) is 2. The molecule has 1 heterocycles. The highest BCUT2D eigenvalue weighted by atomic mass is 19.1. The van der Waals surface area contributed by atoms with Crippen molar-refractivity contribution in [2.75, 3.05) is 44.6 Å². The van der Waals surface area contributed by atoms with Gasteiger partial charge in [-0.25, -0.2) is 8.78 Å². The summed E-state index contributed by atoms with van der Waals surface area (Å²) in [5, 5.41) is 2.50. The van der Waals surface area contributed by atoms with E-state index in [4.69, 9.17) is 0 Å². The maximum atomic E-state index is 13.6. The lowest BCUT2D eigenvalue weighted by Gasteiger charge is -2.34. The zero-order valence-corrected chi connectivity index (χ0v) is 15.8. The van der Waals surface area contributed by atoms with Gasteiger partial charge in [0.05, 0.1) is 5.69 Å². The molecule has 0 atom stereocenters. The third kappa shape index (κ3) is 6.25. The Kier molecular flexibility index (Phi) is 7.28. The second-order valence-corrected chi connectivity index (χ2v) is 6.88. The van der Waals surface area contributed by atoms with Gasteiger partial charge in [0.2, 0.25) is 5.91 Å². The number of amides is 1. The Bertz CT molecular complexity index is 803. The van der Waals surface area contributed by atoms with E-state index in [-0.39, 0.29) is 18.0 Å². The molecule has 0 aromatic heterocycles. The van der Waals surface area contributed by atoms with Crippen LogP contribution in [0.1, 0.15) is 12.0 Å². The van der Waals surface area contributed by atoms with Crippen molar-refractivity contribution in [1.82, 2.24) is 9.80 Å². The van der Waals surface area contributed by atoms with Crippen molar-refractivity contribution in [3.05, 3.63) is 71.8 Å². The zero-order valence-electron chi connectivity index (χ0n) is 15.8. The van der Waals surface area contributed by atoms with Crippen LogP contribution in [-0.2, 0) is 4.79 Å². The average Bonchev–Trinajstić information content (AvgIpc) is 2.70. The van der Waals surface area contributed by atoms with E-state index in [0.29, 0.717) is 6.54 Å². The molecule has 0 aliphatic carbocycles. The standard InChI is InChI=1S/C22H25F2N3O/c23-19-8-9-21(20(24)17-19)25-22(28)10-12-27-15-13-26(14-16-27)11-4-7-18-5-2-1-3-6-18/h1-9,17H,10-16H2,(H,25,28)/b7-4+. The minimum atomic E-state index is -0.759. The smallest absolute Gasteiger partial charge is 0.225 e. The van der Waals surface area contributed by atoms with Gasteiger partial charge in [0.1, 0.15) is 11.6 Å². The molecule has 1 N–H and O–H groups in total. The molecular weight excluding hydrogens is 360 g/mol. The largest absolute Gasteiger partial charge is 0.324 e. The van der Waals surface area contributed by atoms with Crippen molar-refractivity contribution >= 4 is 17.7 Å². The summed E-state index contributed by atoms with van der Waals surface area (Å²) in [5.41, 5.74) is 1.21. The molecule has 2 aromatic carbocycles. The van der Waals surface area contributed by atoms with Crippen LogP contribution in [0.2, 0.25) is 0 Å². The van der Waals surface area contributed by atoms with E-state index < -0.39 is 11.6 Å². The molecule has 0 radical (unpaired) electrons. The summed E-state index contributed by atoms with van der Waals surface area (Å²) in [4.78, 5) is 16.6. The van der Waals surface area contributed by atoms with Crippen LogP contribution in [0.15, 0.2) is 54.6 Å². The Morgan fingerprint density at radius 2 is 1.71 bits per heavy atom. The number of anilines is 1. The van der Waals surface area contributed by atoms with Crippen LogP contribution in [-0.4, -0.2) is 55.0 Å². The molecule has 6 heteroatoms. The van der Waals surface area contributed by atoms with Crippen LogP contribution in [0.25, 0.3) is 6.08 Å². The zero-order chi connectivity index (χ0) is 19.8. The molecule has 1 saturated heterocycles. The van der Waals surface area contributed by atoms with Crippen LogP contribution < -0.4 is 5.32 Å². The number of piperazine rings is 1. The van der Waals surface area contributed by atoms with Crippen LogP contribution in [0.3, 0.4) is 0 Å². The average molecular weight is 385 g/mol. The molecule has 0 bridgehead atoms. The molecule has 3 rings (SSSR count). The number of halogens is 2. The van der Waals surface area contributed by atoms with E-state index in [1.807, 2.05) is 18.2 Å². The normalized spacial score (nSPS) is 15.8. The first-order valence-electron chi connectivity index (χ1n) is 9.51. The van der Waals surface area contributed by atoms with E-state index in [1.54, 1.807) is 0 Å². The van der Waals surface area contributed by atoms with Crippen LogP contribution >= 0.6 is 0 Å². The van der Waals surface area contributed by atoms with Gasteiger partial charge in [-0.3, -0.25) is 9.69 Å². The quantitative estimate of drug-likeness (QED) is 0.791. The lowest BCUT2D eigenvalue weighted by molar-refractivity contribution is -0.116. The van der Waals surface area contributed by atoms with Gasteiger partial charge in [0, 0.05) is 51.8 Å². The lowest BCUT2D eigenvalue weighted by atomic mass is 10.2. The van der Waals surface area contributed by atoms with Gasteiger partial charge in [-0.2, -0.15) is 0 Å². The van der Waals surface area contributed by atoms with Gasteiger partial charge < -0.3 is 10.2 Å². The molecule has 1 aliphatic heterocycles. The summed E-state index contributed by atoms with van der Waals surface area (Å²) in [6.45, 7) is 5.24. The van der Waals surface area contributed by atoms with Crippen molar-refractivity contribution in [3.63, 3.8) is 0 Å². The number of hydrogen-bond acceptors (Lipinski definition) is 3. The first-order chi connectivity index (χ1) is 13.6. The molecule has 0 spiro atoms. The van der Waals surface area contributed by atoms with E-state index >= 15 is 0 Å². The Morgan fingerprint density at radius 1 is 1.00 bits per heavy atom. The molecule has 28 heavy (non-hydrogen) atoms. The van der Waals surface area contributed by atoms with Gasteiger partial charge >= 0.3 is 0 Å². The molecule has 1 amide bonds. The molecular formula is C22H25F2N3O. The first-order valence-corrected chi connectivity index (χ1v) is 9.51. The van der Waals surface area contributed by atoms with Crippen LogP contribution in [0.4, 0.5) is 14.5 Å². The highest BCUT2D eigenvalue weighted by molar-refractivity contribution is 5.90. The van der Waals surface area contributed by atoms with Gasteiger partial charge in [0.15, 0.2) is 0 Å². The summed E-state index contributed by atoms with van der Waals surface area (Å²) in [6.07, 6.45) is 4.59. The fraction of sp³-hybridized carbons (Fsp3) is 0.318. The lowest BCUT2D eigenvalue weighted by Crippen LogP contribution is -2.46. The van der Waals surface area contributed by atoms with E-state index in [9.17, 15) is 13.6 Å².